The summed E-state index contributed by atoms with van der Waals surface area (Å²) in [6.45, 7) is 2.12. The summed E-state index contributed by atoms with van der Waals surface area (Å²) in [7, 11) is 1.59. The number of methoxy groups -OCH3 is 1. The van der Waals surface area contributed by atoms with Gasteiger partial charge in [0.2, 0.25) is 0 Å². The predicted octanol–water partition coefficient (Wildman–Crippen LogP) is 4.20. The highest BCUT2D eigenvalue weighted by Crippen LogP contribution is 2.30. The second-order valence-corrected chi connectivity index (χ2v) is 6.48. The maximum Gasteiger partial charge on any atom is 0.277 e. The number of aromatic nitrogens is 1. The molecule has 6 nitrogen and oxygen atoms in total. The van der Waals surface area contributed by atoms with Gasteiger partial charge in [-0.3, -0.25) is 4.79 Å². The molecule has 3 aromatic rings. The van der Waals surface area contributed by atoms with Gasteiger partial charge < -0.3 is 19.5 Å². The van der Waals surface area contributed by atoms with Crippen molar-refractivity contribution in [3.8, 4) is 17.1 Å². The maximum absolute atomic E-state index is 12.6. The van der Waals surface area contributed by atoms with E-state index in [2.05, 4.69) is 21.4 Å². The Morgan fingerprint density at radius 3 is 2.74 bits per heavy atom. The van der Waals surface area contributed by atoms with Gasteiger partial charge in [0.25, 0.3) is 5.91 Å². The molecule has 1 aromatic heterocycles. The smallest absolute Gasteiger partial charge is 0.277 e. The molecule has 6 heteroatoms. The molecule has 138 valence electrons. The molecule has 0 radical (unpaired) electrons. The summed E-state index contributed by atoms with van der Waals surface area (Å²) in [5.41, 5.74) is 2.84. The van der Waals surface area contributed by atoms with Crippen molar-refractivity contribution in [2.45, 2.75) is 12.8 Å². The fraction of sp³-hybridized carbons (Fsp3) is 0.238. The number of ether oxygens (including phenoxy) is 1. The molecule has 27 heavy (non-hydrogen) atoms. The Kier molecular flexibility index (Phi) is 4.78. The zero-order chi connectivity index (χ0) is 18.6. The second kappa shape index (κ2) is 7.53. The molecule has 1 amide bonds. The Morgan fingerprint density at radius 1 is 1.11 bits per heavy atom. The molecule has 0 unspecified atom stereocenters. The van der Waals surface area contributed by atoms with Crippen LogP contribution in [-0.4, -0.2) is 31.3 Å². The number of amides is 1. The van der Waals surface area contributed by atoms with Crippen molar-refractivity contribution in [2.75, 3.05) is 30.4 Å². The SMILES string of the molecule is COc1ccccc1-c1cc(C(=O)Nc2cccc(N3CCCC3)c2)no1. The van der Waals surface area contributed by atoms with Crippen LogP contribution in [0.5, 0.6) is 5.75 Å². The third-order valence-corrected chi connectivity index (χ3v) is 4.69. The summed E-state index contributed by atoms with van der Waals surface area (Å²) in [5, 5.41) is 6.81. The minimum Gasteiger partial charge on any atom is -0.496 e. The lowest BCUT2D eigenvalue weighted by Crippen LogP contribution is -2.18. The van der Waals surface area contributed by atoms with Gasteiger partial charge in [-0.2, -0.15) is 0 Å². The fourth-order valence-electron chi connectivity index (χ4n) is 3.31. The van der Waals surface area contributed by atoms with E-state index in [1.54, 1.807) is 13.2 Å². The molecule has 0 spiro atoms. The molecule has 0 aliphatic carbocycles. The Morgan fingerprint density at radius 2 is 1.93 bits per heavy atom. The van der Waals surface area contributed by atoms with E-state index in [1.165, 1.54) is 12.8 Å². The van der Waals surface area contributed by atoms with Crippen LogP contribution in [0.4, 0.5) is 11.4 Å². The quantitative estimate of drug-likeness (QED) is 0.736. The first kappa shape index (κ1) is 17.1. The zero-order valence-electron chi connectivity index (χ0n) is 15.1. The average molecular weight is 363 g/mol. The van der Waals surface area contributed by atoms with Crippen molar-refractivity contribution in [3.63, 3.8) is 0 Å². The maximum atomic E-state index is 12.6. The molecule has 0 atom stereocenters. The highest BCUT2D eigenvalue weighted by Gasteiger charge is 2.17. The molecular formula is C21H21N3O3. The van der Waals surface area contributed by atoms with Crippen molar-refractivity contribution in [1.82, 2.24) is 5.16 Å². The summed E-state index contributed by atoms with van der Waals surface area (Å²) in [6.07, 6.45) is 2.42. The zero-order valence-corrected chi connectivity index (χ0v) is 15.1. The summed E-state index contributed by atoms with van der Waals surface area (Å²) >= 11 is 0. The molecule has 4 rings (SSSR count). The molecule has 1 fully saturated rings. The van der Waals surface area contributed by atoms with Gasteiger partial charge in [0.05, 0.1) is 12.7 Å². The minimum absolute atomic E-state index is 0.225. The standard InChI is InChI=1S/C21H21N3O3/c1-26-19-10-3-2-9-17(19)20-14-18(23-27-20)21(25)22-15-7-6-8-16(13-15)24-11-4-5-12-24/h2-3,6-10,13-14H,4-5,11-12H2,1H3,(H,22,25). The summed E-state index contributed by atoms with van der Waals surface area (Å²) < 4.78 is 10.7. The van der Waals surface area contributed by atoms with Crippen LogP contribution in [0.3, 0.4) is 0 Å². The second-order valence-electron chi connectivity index (χ2n) is 6.48. The first-order chi connectivity index (χ1) is 13.2. The number of carbonyl (C=O) groups is 1. The van der Waals surface area contributed by atoms with Crippen LogP contribution >= 0.6 is 0 Å². The van der Waals surface area contributed by atoms with E-state index in [0.717, 1.165) is 30.0 Å². The Balaban J connectivity index is 1.51. The lowest BCUT2D eigenvalue weighted by molar-refractivity contribution is 0.101. The van der Waals surface area contributed by atoms with Gasteiger partial charge in [-0.1, -0.05) is 23.4 Å². The van der Waals surface area contributed by atoms with Gasteiger partial charge in [-0.05, 0) is 43.2 Å². The molecule has 1 aliphatic rings. The lowest BCUT2D eigenvalue weighted by atomic mass is 10.1. The van der Waals surface area contributed by atoms with Crippen molar-refractivity contribution < 1.29 is 14.1 Å². The van der Waals surface area contributed by atoms with Crippen LogP contribution in [-0.2, 0) is 0 Å². The van der Waals surface area contributed by atoms with Crippen molar-refractivity contribution in [1.29, 1.82) is 0 Å². The predicted molar refractivity (Wildman–Crippen MR) is 104 cm³/mol. The van der Waals surface area contributed by atoms with Crippen LogP contribution in [0.1, 0.15) is 23.3 Å². The van der Waals surface area contributed by atoms with Crippen LogP contribution in [0.25, 0.3) is 11.3 Å². The first-order valence-electron chi connectivity index (χ1n) is 9.01. The molecule has 1 N–H and O–H groups in total. The third-order valence-electron chi connectivity index (χ3n) is 4.69. The molecule has 1 saturated heterocycles. The van der Waals surface area contributed by atoms with Gasteiger partial charge in [0, 0.05) is 30.5 Å². The largest absolute Gasteiger partial charge is 0.496 e. The third kappa shape index (κ3) is 3.65. The average Bonchev–Trinajstić information content (AvgIpc) is 3.40. The van der Waals surface area contributed by atoms with Crippen LogP contribution < -0.4 is 15.0 Å². The monoisotopic (exact) mass is 363 g/mol. The number of carbonyl (C=O) groups excluding carboxylic acids is 1. The van der Waals surface area contributed by atoms with Gasteiger partial charge in [0.1, 0.15) is 5.75 Å². The number of nitrogens with zero attached hydrogens (tertiary/aromatic N) is 2. The fourth-order valence-corrected chi connectivity index (χ4v) is 3.31. The number of hydrogen-bond donors (Lipinski definition) is 1. The van der Waals surface area contributed by atoms with Crippen LogP contribution in [0.2, 0.25) is 0 Å². The number of nitrogens with one attached hydrogen (secondary N) is 1. The number of anilines is 2. The molecule has 2 aromatic carbocycles. The van der Waals surface area contributed by atoms with E-state index < -0.39 is 0 Å². The van der Waals surface area contributed by atoms with E-state index >= 15 is 0 Å². The van der Waals surface area contributed by atoms with E-state index in [4.69, 9.17) is 9.26 Å². The molecule has 2 heterocycles. The molecule has 1 aliphatic heterocycles. The van der Waals surface area contributed by atoms with E-state index in [-0.39, 0.29) is 11.6 Å². The minimum atomic E-state index is -0.307. The molecule has 0 saturated carbocycles. The first-order valence-corrected chi connectivity index (χ1v) is 9.01. The van der Waals surface area contributed by atoms with Crippen molar-refractivity contribution in [3.05, 3.63) is 60.3 Å². The van der Waals surface area contributed by atoms with Gasteiger partial charge in [0.15, 0.2) is 11.5 Å². The topological polar surface area (TPSA) is 67.6 Å². The number of hydrogen-bond acceptors (Lipinski definition) is 5. The Bertz CT molecular complexity index is 945. The van der Waals surface area contributed by atoms with E-state index in [9.17, 15) is 4.79 Å². The number of para-hydroxylation sites is 1. The Hall–Kier alpha value is -3.28. The van der Waals surface area contributed by atoms with Gasteiger partial charge in [-0.15, -0.1) is 0 Å². The van der Waals surface area contributed by atoms with E-state index in [1.807, 2.05) is 42.5 Å². The highest BCUT2D eigenvalue weighted by atomic mass is 16.5. The van der Waals surface area contributed by atoms with Crippen LogP contribution in [0, 0.1) is 0 Å². The Labute approximate surface area is 157 Å². The molecular weight excluding hydrogens is 342 g/mol. The van der Waals surface area contributed by atoms with Crippen molar-refractivity contribution >= 4 is 17.3 Å². The summed E-state index contributed by atoms with van der Waals surface area (Å²) in [6, 6.07) is 17.0. The number of benzene rings is 2. The van der Waals surface area contributed by atoms with E-state index in [0.29, 0.717) is 11.5 Å². The molecule has 0 bridgehead atoms. The van der Waals surface area contributed by atoms with Crippen molar-refractivity contribution in [2.24, 2.45) is 0 Å². The van der Waals surface area contributed by atoms with Gasteiger partial charge >= 0.3 is 0 Å². The summed E-state index contributed by atoms with van der Waals surface area (Å²) in [4.78, 5) is 14.9. The lowest BCUT2D eigenvalue weighted by Gasteiger charge is -2.18. The van der Waals surface area contributed by atoms with Gasteiger partial charge in [-0.25, -0.2) is 0 Å². The normalized spacial score (nSPS) is 13.6. The summed E-state index contributed by atoms with van der Waals surface area (Å²) in [5.74, 6) is 0.848. The van der Waals surface area contributed by atoms with Crippen LogP contribution in [0.15, 0.2) is 59.1 Å². The number of rotatable bonds is 5. The highest BCUT2D eigenvalue weighted by molar-refractivity contribution is 6.03.